The number of benzene rings is 1. The van der Waals surface area contributed by atoms with E-state index in [9.17, 15) is 13.2 Å². The van der Waals surface area contributed by atoms with Crippen LogP contribution in [-0.2, 0) is 14.8 Å². The molecule has 0 radical (unpaired) electrons. The molecule has 0 aliphatic carbocycles. The highest BCUT2D eigenvalue weighted by atomic mass is 32.2. The molecule has 0 aliphatic rings. The number of esters is 1. The van der Waals surface area contributed by atoms with E-state index in [0.717, 1.165) is 10.6 Å². The Labute approximate surface area is 101 Å². The normalized spacial score (nSPS) is 11.1. The molecule has 0 aliphatic heterocycles. The minimum Gasteiger partial charge on any atom is -0.465 e. The maximum atomic E-state index is 11.5. The van der Waals surface area contributed by atoms with Crippen molar-refractivity contribution in [2.24, 2.45) is 0 Å². The van der Waals surface area contributed by atoms with E-state index in [1.165, 1.54) is 14.2 Å². The molecule has 0 unspecified atom stereocenters. The molecule has 0 aromatic heterocycles. The van der Waals surface area contributed by atoms with Crippen LogP contribution in [0.25, 0.3) is 0 Å². The number of anilines is 1. The molecule has 0 spiro atoms. The largest absolute Gasteiger partial charge is 0.465 e. The first-order valence-corrected chi connectivity index (χ1v) is 6.75. The Bertz CT molecular complexity index is 536. The Morgan fingerprint density at radius 3 is 2.41 bits per heavy atom. The minimum absolute atomic E-state index is 0.362. The minimum atomic E-state index is -3.35. The number of sulfonamides is 1. The number of nitrogens with zero attached hydrogens (tertiary/aromatic N) is 1. The van der Waals surface area contributed by atoms with Crippen LogP contribution in [0.2, 0.25) is 0 Å². The van der Waals surface area contributed by atoms with Crippen molar-refractivity contribution in [1.29, 1.82) is 0 Å². The molecular weight excluding hydrogens is 242 g/mol. The van der Waals surface area contributed by atoms with Crippen LogP contribution in [-0.4, -0.2) is 34.8 Å². The molecule has 0 N–H and O–H groups in total. The number of hydrogen-bond donors (Lipinski definition) is 0. The van der Waals surface area contributed by atoms with Crippen molar-refractivity contribution in [3.63, 3.8) is 0 Å². The zero-order chi connectivity index (χ0) is 13.2. The van der Waals surface area contributed by atoms with Crippen LogP contribution >= 0.6 is 0 Å². The van der Waals surface area contributed by atoms with E-state index in [0.29, 0.717) is 16.8 Å². The summed E-state index contributed by atoms with van der Waals surface area (Å²) in [6.45, 7) is 1.68. The molecule has 0 atom stereocenters. The molecule has 0 bridgehead atoms. The van der Waals surface area contributed by atoms with Crippen LogP contribution in [0, 0.1) is 6.92 Å². The number of rotatable bonds is 3. The summed E-state index contributed by atoms with van der Waals surface area (Å²) in [5.41, 5.74) is 1.41. The van der Waals surface area contributed by atoms with Gasteiger partial charge >= 0.3 is 5.97 Å². The summed E-state index contributed by atoms with van der Waals surface area (Å²) in [4.78, 5) is 11.5. The van der Waals surface area contributed by atoms with Gasteiger partial charge in [0.15, 0.2) is 0 Å². The summed E-state index contributed by atoms with van der Waals surface area (Å²) < 4.78 is 28.7. The Balaban J connectivity index is 3.34. The van der Waals surface area contributed by atoms with Crippen LogP contribution in [0.3, 0.4) is 0 Å². The maximum Gasteiger partial charge on any atom is 0.338 e. The lowest BCUT2D eigenvalue weighted by Gasteiger charge is -2.20. The zero-order valence-corrected chi connectivity index (χ0v) is 11.0. The molecule has 0 saturated heterocycles. The average molecular weight is 257 g/mol. The molecule has 0 fully saturated rings. The Morgan fingerprint density at radius 1 is 1.35 bits per heavy atom. The number of carbonyl (C=O) groups excluding carboxylic acids is 1. The Kier molecular flexibility index (Phi) is 3.77. The zero-order valence-electron chi connectivity index (χ0n) is 10.2. The van der Waals surface area contributed by atoms with Gasteiger partial charge in [0, 0.05) is 7.05 Å². The van der Waals surface area contributed by atoms with Crippen LogP contribution in [0.1, 0.15) is 15.9 Å². The van der Waals surface area contributed by atoms with Crippen molar-refractivity contribution in [2.75, 3.05) is 24.7 Å². The molecule has 1 rings (SSSR count). The molecule has 1 aromatic rings. The van der Waals surface area contributed by atoms with E-state index in [2.05, 4.69) is 4.74 Å². The summed E-state index contributed by atoms with van der Waals surface area (Å²) in [6.07, 6.45) is 1.11. The lowest BCUT2D eigenvalue weighted by Crippen LogP contribution is -2.26. The fraction of sp³-hybridized carbons (Fsp3) is 0.364. The highest BCUT2D eigenvalue weighted by Gasteiger charge is 2.18. The molecule has 17 heavy (non-hydrogen) atoms. The van der Waals surface area contributed by atoms with Gasteiger partial charge in [-0.05, 0) is 24.6 Å². The van der Waals surface area contributed by atoms with Crippen molar-refractivity contribution >= 4 is 21.7 Å². The third-order valence-corrected chi connectivity index (χ3v) is 3.74. The van der Waals surface area contributed by atoms with Crippen LogP contribution in [0.4, 0.5) is 5.69 Å². The van der Waals surface area contributed by atoms with E-state index in [1.54, 1.807) is 25.1 Å². The average Bonchev–Trinajstić information content (AvgIpc) is 2.26. The van der Waals surface area contributed by atoms with Gasteiger partial charge in [0.25, 0.3) is 0 Å². The fourth-order valence-electron chi connectivity index (χ4n) is 1.47. The van der Waals surface area contributed by atoms with Gasteiger partial charge in [0.2, 0.25) is 10.0 Å². The first-order chi connectivity index (χ1) is 7.79. The van der Waals surface area contributed by atoms with Crippen molar-refractivity contribution in [3.8, 4) is 0 Å². The van der Waals surface area contributed by atoms with Gasteiger partial charge in [0.05, 0.1) is 24.6 Å². The number of hydrogen-bond acceptors (Lipinski definition) is 4. The van der Waals surface area contributed by atoms with Gasteiger partial charge < -0.3 is 4.74 Å². The molecule has 1 aromatic carbocycles. The first kappa shape index (κ1) is 13.5. The third-order valence-electron chi connectivity index (χ3n) is 2.55. The van der Waals surface area contributed by atoms with Crippen LogP contribution in [0.15, 0.2) is 18.2 Å². The van der Waals surface area contributed by atoms with Crippen LogP contribution in [0.5, 0.6) is 0 Å². The molecule has 6 heteroatoms. The summed E-state index contributed by atoms with van der Waals surface area (Å²) >= 11 is 0. The van der Waals surface area contributed by atoms with Crippen LogP contribution < -0.4 is 4.31 Å². The van der Waals surface area contributed by atoms with Gasteiger partial charge in [-0.2, -0.15) is 0 Å². The number of ether oxygens (including phenoxy) is 1. The lowest BCUT2D eigenvalue weighted by molar-refractivity contribution is 0.0600. The second kappa shape index (κ2) is 4.75. The van der Waals surface area contributed by atoms with E-state index in [1.807, 2.05) is 0 Å². The quantitative estimate of drug-likeness (QED) is 0.763. The standard InChI is InChI=1S/C11H15NO4S/c1-8-9(11(13)16-3)6-5-7-10(8)12(2)17(4,14)15/h5-7H,1-4H3. The molecule has 0 heterocycles. The van der Waals surface area contributed by atoms with E-state index < -0.39 is 16.0 Å². The van der Waals surface area contributed by atoms with Gasteiger partial charge in [-0.1, -0.05) is 6.07 Å². The first-order valence-electron chi connectivity index (χ1n) is 4.91. The summed E-state index contributed by atoms with van der Waals surface area (Å²) in [7, 11) is -0.617. The van der Waals surface area contributed by atoms with Crippen molar-refractivity contribution in [1.82, 2.24) is 0 Å². The third kappa shape index (κ3) is 2.76. The fourth-order valence-corrected chi connectivity index (χ4v) is 2.03. The second-order valence-corrected chi connectivity index (χ2v) is 5.69. The highest BCUT2D eigenvalue weighted by molar-refractivity contribution is 7.92. The summed E-state index contributed by atoms with van der Waals surface area (Å²) in [5.74, 6) is -0.480. The van der Waals surface area contributed by atoms with Gasteiger partial charge in [-0.15, -0.1) is 0 Å². The monoisotopic (exact) mass is 257 g/mol. The molecular formula is C11H15NO4S. The second-order valence-electron chi connectivity index (χ2n) is 3.67. The lowest BCUT2D eigenvalue weighted by atomic mass is 10.1. The molecule has 5 nitrogen and oxygen atoms in total. The summed E-state index contributed by atoms with van der Waals surface area (Å²) in [6, 6.07) is 4.86. The number of carbonyl (C=O) groups is 1. The van der Waals surface area contributed by atoms with Crippen molar-refractivity contribution in [2.45, 2.75) is 6.92 Å². The van der Waals surface area contributed by atoms with Crippen molar-refractivity contribution < 1.29 is 17.9 Å². The maximum absolute atomic E-state index is 11.5. The van der Waals surface area contributed by atoms with E-state index in [4.69, 9.17) is 0 Å². The van der Waals surface area contributed by atoms with E-state index >= 15 is 0 Å². The predicted molar refractivity (Wildman–Crippen MR) is 65.8 cm³/mol. The predicted octanol–water partition coefficient (Wildman–Crippen LogP) is 1.18. The SMILES string of the molecule is COC(=O)c1cccc(N(C)S(C)(=O)=O)c1C. The van der Waals surface area contributed by atoms with Gasteiger partial charge in [-0.3, -0.25) is 4.31 Å². The van der Waals surface area contributed by atoms with E-state index in [-0.39, 0.29) is 0 Å². The molecule has 94 valence electrons. The van der Waals surface area contributed by atoms with Crippen molar-refractivity contribution in [3.05, 3.63) is 29.3 Å². The number of methoxy groups -OCH3 is 1. The highest BCUT2D eigenvalue weighted by Crippen LogP contribution is 2.24. The summed E-state index contributed by atoms with van der Waals surface area (Å²) in [5, 5.41) is 0. The van der Waals surface area contributed by atoms with Gasteiger partial charge in [-0.25, -0.2) is 13.2 Å². The molecule has 0 saturated carbocycles. The van der Waals surface area contributed by atoms with Gasteiger partial charge in [0.1, 0.15) is 0 Å². The Hall–Kier alpha value is -1.56. The smallest absolute Gasteiger partial charge is 0.338 e. The topological polar surface area (TPSA) is 63.7 Å². The molecule has 0 amide bonds. The Morgan fingerprint density at radius 2 is 1.94 bits per heavy atom.